The number of aryl methyl sites for hydroxylation is 1. The molecule has 0 aliphatic carbocycles. The van der Waals surface area contributed by atoms with E-state index in [2.05, 4.69) is 9.97 Å². The van der Waals surface area contributed by atoms with Crippen molar-refractivity contribution in [2.75, 3.05) is 5.75 Å². The third-order valence-electron chi connectivity index (χ3n) is 3.62. The second-order valence-corrected chi connectivity index (χ2v) is 6.25. The summed E-state index contributed by atoms with van der Waals surface area (Å²) in [6, 6.07) is 6.73. The highest BCUT2D eigenvalue weighted by atomic mass is 32.2. The normalized spacial score (nSPS) is 11.1. The van der Waals surface area contributed by atoms with Gasteiger partial charge in [-0.3, -0.25) is 18.7 Å². The predicted octanol–water partition coefficient (Wildman–Crippen LogP) is -0.271. The van der Waals surface area contributed by atoms with Crippen LogP contribution in [0.4, 0.5) is 0 Å². The van der Waals surface area contributed by atoms with Crippen molar-refractivity contribution >= 4 is 42.0 Å². The predicted molar refractivity (Wildman–Crippen MR) is 93.5 cm³/mol. The zero-order chi connectivity index (χ0) is 17.4. The van der Waals surface area contributed by atoms with E-state index in [1.807, 2.05) is 0 Å². The molecule has 2 aromatic heterocycles. The Bertz CT molecular complexity index is 1070. The molecule has 24 heavy (non-hydrogen) atoms. The van der Waals surface area contributed by atoms with Crippen molar-refractivity contribution in [3.63, 3.8) is 0 Å². The minimum absolute atomic E-state index is 0.102. The van der Waals surface area contributed by atoms with E-state index in [4.69, 9.17) is 7.85 Å². The molecule has 3 rings (SSSR count). The van der Waals surface area contributed by atoms with Gasteiger partial charge in [-0.15, -0.1) is 0 Å². The Morgan fingerprint density at radius 2 is 2.04 bits per heavy atom. The van der Waals surface area contributed by atoms with Crippen molar-refractivity contribution in [2.24, 2.45) is 14.1 Å². The Labute approximate surface area is 142 Å². The van der Waals surface area contributed by atoms with Crippen molar-refractivity contribution < 1.29 is 4.79 Å². The van der Waals surface area contributed by atoms with E-state index in [0.717, 1.165) is 16.3 Å². The topological polar surface area (TPSA) is 89.8 Å². The first-order chi connectivity index (χ1) is 11.4. The number of fused-ring (bicyclic) bond motifs is 1. The van der Waals surface area contributed by atoms with Gasteiger partial charge in [0.2, 0.25) is 0 Å². The van der Waals surface area contributed by atoms with Crippen LogP contribution in [0.15, 0.2) is 39.0 Å². The summed E-state index contributed by atoms with van der Waals surface area (Å²) < 4.78 is 2.30. The van der Waals surface area contributed by atoms with Gasteiger partial charge in [-0.1, -0.05) is 41.5 Å². The Morgan fingerprint density at radius 3 is 2.75 bits per heavy atom. The number of nitrogens with zero attached hydrogens (tertiary/aromatic N) is 3. The first kappa shape index (κ1) is 16.3. The van der Waals surface area contributed by atoms with Gasteiger partial charge in [-0.05, 0) is 0 Å². The van der Waals surface area contributed by atoms with Crippen molar-refractivity contribution in [3.05, 3.63) is 50.7 Å². The molecule has 7 nitrogen and oxygen atoms in total. The molecule has 2 radical (unpaired) electrons. The molecule has 0 spiro atoms. The van der Waals surface area contributed by atoms with Gasteiger partial charge in [0.15, 0.2) is 22.1 Å². The van der Waals surface area contributed by atoms with Gasteiger partial charge in [0.05, 0.1) is 5.75 Å². The summed E-state index contributed by atoms with van der Waals surface area (Å²) >= 11 is 1.16. The van der Waals surface area contributed by atoms with Crippen LogP contribution in [-0.2, 0) is 14.1 Å². The fourth-order valence-corrected chi connectivity index (χ4v) is 3.06. The van der Waals surface area contributed by atoms with Gasteiger partial charge in [0.25, 0.3) is 5.56 Å². The number of aromatic nitrogens is 4. The lowest BCUT2D eigenvalue weighted by Crippen LogP contribution is -2.36. The Hall–Kier alpha value is -2.55. The van der Waals surface area contributed by atoms with Crippen LogP contribution >= 0.6 is 11.8 Å². The lowest BCUT2D eigenvalue weighted by Gasteiger charge is -2.01. The molecule has 0 saturated heterocycles. The van der Waals surface area contributed by atoms with Crippen LogP contribution in [0.25, 0.3) is 11.2 Å². The molecular weight excluding hydrogens is 327 g/mol. The molecule has 0 fully saturated rings. The molecule has 0 unspecified atom stereocenters. The Balaban J connectivity index is 1.88. The van der Waals surface area contributed by atoms with Crippen LogP contribution in [0.1, 0.15) is 10.4 Å². The number of imidazole rings is 1. The molecule has 1 aromatic carbocycles. The highest BCUT2D eigenvalue weighted by molar-refractivity contribution is 7.99. The maximum atomic E-state index is 12.2. The van der Waals surface area contributed by atoms with Crippen LogP contribution < -0.4 is 16.7 Å². The summed E-state index contributed by atoms with van der Waals surface area (Å²) in [7, 11) is 8.61. The summed E-state index contributed by atoms with van der Waals surface area (Å²) in [6.07, 6.45) is 0. The molecule has 0 aliphatic rings. The number of benzene rings is 1. The van der Waals surface area contributed by atoms with Crippen LogP contribution in [0.3, 0.4) is 0 Å². The first-order valence-electron chi connectivity index (χ1n) is 7.05. The maximum absolute atomic E-state index is 12.2. The van der Waals surface area contributed by atoms with E-state index in [9.17, 15) is 14.4 Å². The van der Waals surface area contributed by atoms with E-state index < -0.39 is 11.2 Å². The summed E-state index contributed by atoms with van der Waals surface area (Å²) in [5.41, 5.74) is 0.636. The monoisotopic (exact) mass is 340 g/mol. The number of carbonyl (C=O) groups is 1. The zero-order valence-corrected chi connectivity index (χ0v) is 13.9. The number of hydrogen-bond acceptors (Lipinski definition) is 5. The second-order valence-electron chi connectivity index (χ2n) is 5.28. The molecule has 0 aliphatic heterocycles. The minimum Gasteiger partial charge on any atom is -0.327 e. The largest absolute Gasteiger partial charge is 0.332 e. The van der Waals surface area contributed by atoms with Crippen LogP contribution in [0.2, 0.25) is 0 Å². The average Bonchev–Trinajstić information content (AvgIpc) is 3.00. The minimum atomic E-state index is -0.452. The van der Waals surface area contributed by atoms with Gasteiger partial charge >= 0.3 is 5.69 Å². The number of H-pyrrole nitrogens is 1. The SMILES string of the molecule is [B]c1cccc(C(=O)CSc2nc3c([nH]2)c(=O)n(C)c(=O)n3C)c1. The third kappa shape index (κ3) is 2.82. The quantitative estimate of drug-likeness (QED) is 0.401. The number of aromatic amines is 1. The molecule has 0 atom stereocenters. The molecule has 0 bridgehead atoms. The summed E-state index contributed by atoms with van der Waals surface area (Å²) in [5.74, 6) is 0.0342. The number of carbonyl (C=O) groups excluding carboxylic acids is 1. The number of rotatable bonds is 4. The number of nitrogens with one attached hydrogen (secondary N) is 1. The van der Waals surface area contributed by atoms with Gasteiger partial charge in [-0.2, -0.15) is 0 Å². The van der Waals surface area contributed by atoms with Gasteiger partial charge in [-0.25, -0.2) is 9.78 Å². The smallest absolute Gasteiger partial charge is 0.327 e. The fraction of sp³-hybridized carbons (Fsp3) is 0.200. The summed E-state index contributed by atoms with van der Waals surface area (Å²) in [4.78, 5) is 43.3. The molecule has 9 heteroatoms. The van der Waals surface area contributed by atoms with Crippen LogP contribution in [0.5, 0.6) is 0 Å². The first-order valence-corrected chi connectivity index (χ1v) is 8.04. The number of hydrogen-bond donors (Lipinski definition) is 1. The van der Waals surface area contributed by atoms with Crippen molar-refractivity contribution in [3.8, 4) is 0 Å². The highest BCUT2D eigenvalue weighted by Crippen LogP contribution is 2.18. The lowest BCUT2D eigenvalue weighted by molar-refractivity contribution is 0.102. The van der Waals surface area contributed by atoms with E-state index in [-0.39, 0.29) is 22.7 Å². The molecule has 2 heterocycles. The summed E-state index contributed by atoms with van der Waals surface area (Å²) in [6.45, 7) is 0. The van der Waals surface area contributed by atoms with Crippen molar-refractivity contribution in [2.45, 2.75) is 5.16 Å². The number of Topliss-reactive ketones (excluding diaryl/α,β-unsaturated/α-hetero) is 1. The average molecular weight is 340 g/mol. The van der Waals surface area contributed by atoms with E-state index in [1.165, 1.54) is 18.7 Å². The van der Waals surface area contributed by atoms with Gasteiger partial charge in [0.1, 0.15) is 7.85 Å². The molecule has 3 aromatic rings. The Kier molecular flexibility index (Phi) is 4.19. The maximum Gasteiger partial charge on any atom is 0.332 e. The van der Waals surface area contributed by atoms with Crippen molar-refractivity contribution in [1.82, 2.24) is 19.1 Å². The molecule has 0 amide bonds. The Morgan fingerprint density at radius 1 is 1.29 bits per heavy atom. The molecular formula is C15H13BN4O3S. The van der Waals surface area contributed by atoms with Gasteiger partial charge < -0.3 is 4.98 Å². The molecule has 1 N–H and O–H groups in total. The number of ketones is 1. The van der Waals surface area contributed by atoms with E-state index >= 15 is 0 Å². The fourth-order valence-electron chi connectivity index (χ4n) is 2.30. The molecule has 120 valence electrons. The van der Waals surface area contributed by atoms with E-state index in [0.29, 0.717) is 16.2 Å². The zero-order valence-electron chi connectivity index (χ0n) is 13.1. The summed E-state index contributed by atoms with van der Waals surface area (Å²) in [5, 5.41) is 0.403. The number of thioether (sulfide) groups is 1. The lowest BCUT2D eigenvalue weighted by atomic mass is 9.94. The van der Waals surface area contributed by atoms with Crippen LogP contribution in [0, 0.1) is 0 Å². The standard InChI is InChI=1S/C15H13BN4O3S/c1-19-12-11(13(22)20(2)15(19)23)17-14(18-12)24-7-10(21)8-4-3-5-9(16)6-8/h3-6H,7H2,1-2H3,(H,17,18). The third-order valence-corrected chi connectivity index (χ3v) is 4.49. The molecule has 0 saturated carbocycles. The highest BCUT2D eigenvalue weighted by Gasteiger charge is 2.15. The van der Waals surface area contributed by atoms with Crippen LogP contribution in [-0.4, -0.2) is 38.5 Å². The second kappa shape index (κ2) is 6.16. The van der Waals surface area contributed by atoms with Gasteiger partial charge in [0, 0.05) is 19.7 Å². The van der Waals surface area contributed by atoms with E-state index in [1.54, 1.807) is 24.3 Å². The van der Waals surface area contributed by atoms with Crippen molar-refractivity contribution in [1.29, 1.82) is 0 Å².